The van der Waals surface area contributed by atoms with Gasteiger partial charge in [-0.15, -0.1) is 11.3 Å². The van der Waals surface area contributed by atoms with Crippen molar-refractivity contribution < 1.29 is 19.4 Å². The van der Waals surface area contributed by atoms with Gasteiger partial charge in [0, 0.05) is 10.9 Å². The number of imidazole rings is 1. The number of anilines is 1. The fourth-order valence-corrected chi connectivity index (χ4v) is 5.00. The molecule has 1 amide bonds. The number of esters is 1. The highest BCUT2D eigenvalue weighted by atomic mass is 32.1. The standard InChI is InChI=1S/C23H26N4O5S/c1-32-21(30)16-13-33-22(24-16)26-19(28)17(12-14-8-4-2-5-9-14)27-20(29)18(25-23(27)31)15-10-6-3-7-11-15/h3,6-7,10-11,13-14,17,29H,2,4-5,8-9,12H2,1H3,(H,25,31)(H,24,26,28)/t17-/m0/s1. The van der Waals surface area contributed by atoms with Crippen molar-refractivity contribution in [3.05, 3.63) is 51.9 Å². The molecule has 0 radical (unpaired) electrons. The maximum Gasteiger partial charge on any atom is 0.357 e. The highest BCUT2D eigenvalue weighted by molar-refractivity contribution is 7.14. The van der Waals surface area contributed by atoms with Crippen molar-refractivity contribution >= 4 is 28.3 Å². The molecule has 0 unspecified atom stereocenters. The van der Waals surface area contributed by atoms with Crippen LogP contribution in [0.1, 0.15) is 55.1 Å². The van der Waals surface area contributed by atoms with Crippen molar-refractivity contribution in [2.24, 2.45) is 5.92 Å². The third kappa shape index (κ3) is 5.00. The number of benzene rings is 1. The Morgan fingerprint density at radius 1 is 1.27 bits per heavy atom. The van der Waals surface area contributed by atoms with E-state index in [1.165, 1.54) is 12.5 Å². The number of aromatic amines is 1. The van der Waals surface area contributed by atoms with Gasteiger partial charge in [0.1, 0.15) is 11.7 Å². The molecule has 1 atom stereocenters. The largest absolute Gasteiger partial charge is 0.493 e. The molecule has 0 bridgehead atoms. The molecule has 0 spiro atoms. The number of carbonyl (C=O) groups is 2. The molecule has 174 valence electrons. The number of nitrogens with zero attached hydrogens (tertiary/aromatic N) is 2. The van der Waals surface area contributed by atoms with E-state index in [9.17, 15) is 19.5 Å². The van der Waals surface area contributed by atoms with E-state index >= 15 is 0 Å². The summed E-state index contributed by atoms with van der Waals surface area (Å²) in [5, 5.41) is 15.4. The van der Waals surface area contributed by atoms with Gasteiger partial charge >= 0.3 is 11.7 Å². The first-order chi connectivity index (χ1) is 16.0. The number of methoxy groups -OCH3 is 1. The third-order valence-electron chi connectivity index (χ3n) is 5.99. The summed E-state index contributed by atoms with van der Waals surface area (Å²) in [6.07, 6.45) is 5.68. The number of nitrogens with one attached hydrogen (secondary N) is 2. The fraction of sp³-hybridized carbons (Fsp3) is 0.391. The molecule has 3 N–H and O–H groups in total. The van der Waals surface area contributed by atoms with E-state index in [1.807, 2.05) is 6.07 Å². The lowest BCUT2D eigenvalue weighted by molar-refractivity contribution is -0.120. The van der Waals surface area contributed by atoms with Crippen molar-refractivity contribution in [3.8, 4) is 17.1 Å². The summed E-state index contributed by atoms with van der Waals surface area (Å²) in [5.74, 6) is -1.09. The van der Waals surface area contributed by atoms with Gasteiger partial charge in [-0.2, -0.15) is 0 Å². The summed E-state index contributed by atoms with van der Waals surface area (Å²) < 4.78 is 5.78. The molecule has 1 saturated carbocycles. The zero-order chi connectivity index (χ0) is 23.4. The van der Waals surface area contributed by atoms with Crippen LogP contribution in [0.25, 0.3) is 11.3 Å². The van der Waals surface area contributed by atoms with Crippen LogP contribution in [0.2, 0.25) is 0 Å². The zero-order valence-electron chi connectivity index (χ0n) is 18.2. The van der Waals surface area contributed by atoms with Crippen LogP contribution in [0, 0.1) is 5.92 Å². The van der Waals surface area contributed by atoms with Crippen LogP contribution >= 0.6 is 11.3 Å². The average Bonchev–Trinajstić information content (AvgIpc) is 3.42. The van der Waals surface area contributed by atoms with Crippen molar-refractivity contribution in [1.82, 2.24) is 14.5 Å². The van der Waals surface area contributed by atoms with E-state index in [0.29, 0.717) is 12.0 Å². The number of amides is 1. The van der Waals surface area contributed by atoms with Crippen LogP contribution in [0.5, 0.6) is 5.88 Å². The van der Waals surface area contributed by atoms with Gasteiger partial charge in [0.15, 0.2) is 10.8 Å². The maximum atomic E-state index is 13.3. The van der Waals surface area contributed by atoms with Gasteiger partial charge in [-0.1, -0.05) is 62.4 Å². The first kappa shape index (κ1) is 22.8. The summed E-state index contributed by atoms with van der Waals surface area (Å²) in [5.41, 5.74) is 0.445. The SMILES string of the molecule is COC(=O)c1csc(NC(=O)[C@H](CC2CCCCC2)n2c(O)c(-c3ccccc3)[nH]c2=O)n1. The summed E-state index contributed by atoms with van der Waals surface area (Å²) in [7, 11) is 1.26. The quantitative estimate of drug-likeness (QED) is 0.449. The van der Waals surface area contributed by atoms with Gasteiger partial charge in [0.25, 0.3) is 0 Å². The molecule has 3 aromatic rings. The van der Waals surface area contributed by atoms with Gasteiger partial charge in [0.2, 0.25) is 11.8 Å². The van der Waals surface area contributed by atoms with Crippen LogP contribution < -0.4 is 11.0 Å². The number of H-pyrrole nitrogens is 1. The van der Waals surface area contributed by atoms with E-state index in [2.05, 4.69) is 20.0 Å². The van der Waals surface area contributed by atoms with Crippen LogP contribution in [0.3, 0.4) is 0 Å². The Labute approximate surface area is 194 Å². The number of hydrogen-bond donors (Lipinski definition) is 3. The lowest BCUT2D eigenvalue weighted by atomic mass is 9.84. The molecule has 1 fully saturated rings. The minimum absolute atomic E-state index is 0.0923. The molecule has 0 saturated heterocycles. The second-order valence-electron chi connectivity index (χ2n) is 8.14. The van der Waals surface area contributed by atoms with E-state index < -0.39 is 23.6 Å². The average molecular weight is 471 g/mol. The van der Waals surface area contributed by atoms with Crippen LogP contribution in [-0.4, -0.2) is 38.6 Å². The molecule has 1 aliphatic carbocycles. The predicted molar refractivity (Wildman–Crippen MR) is 124 cm³/mol. The van der Waals surface area contributed by atoms with Gasteiger partial charge in [-0.25, -0.2) is 14.6 Å². The Bertz CT molecular complexity index is 1180. The van der Waals surface area contributed by atoms with Crippen molar-refractivity contribution in [1.29, 1.82) is 0 Å². The van der Waals surface area contributed by atoms with Gasteiger partial charge in [-0.3, -0.25) is 9.36 Å². The second-order valence-corrected chi connectivity index (χ2v) is 9.00. The van der Waals surface area contributed by atoms with Crippen molar-refractivity contribution in [3.63, 3.8) is 0 Å². The molecule has 0 aliphatic heterocycles. The summed E-state index contributed by atoms with van der Waals surface area (Å²) >= 11 is 1.09. The molecule has 33 heavy (non-hydrogen) atoms. The van der Waals surface area contributed by atoms with E-state index in [0.717, 1.165) is 48.0 Å². The highest BCUT2D eigenvalue weighted by Crippen LogP contribution is 2.35. The number of ether oxygens (including phenoxy) is 1. The first-order valence-electron chi connectivity index (χ1n) is 10.9. The van der Waals surface area contributed by atoms with E-state index in [1.54, 1.807) is 24.3 Å². The summed E-state index contributed by atoms with van der Waals surface area (Å²) in [4.78, 5) is 44.7. The Kier molecular flexibility index (Phi) is 6.93. The van der Waals surface area contributed by atoms with E-state index in [-0.39, 0.29) is 28.3 Å². The second kappa shape index (κ2) is 10.0. The maximum absolute atomic E-state index is 13.3. The summed E-state index contributed by atoms with van der Waals surface area (Å²) in [6, 6.07) is 8.06. The van der Waals surface area contributed by atoms with E-state index in [4.69, 9.17) is 0 Å². The molecule has 9 nitrogen and oxygen atoms in total. The highest BCUT2D eigenvalue weighted by Gasteiger charge is 2.31. The molecule has 1 aliphatic rings. The van der Waals surface area contributed by atoms with Crippen LogP contribution in [0.4, 0.5) is 5.13 Å². The number of aromatic hydroxyl groups is 1. The van der Waals surface area contributed by atoms with Crippen LogP contribution in [0.15, 0.2) is 40.5 Å². The molecule has 2 heterocycles. The topological polar surface area (TPSA) is 126 Å². The minimum atomic E-state index is -0.931. The minimum Gasteiger partial charge on any atom is -0.493 e. The smallest absolute Gasteiger partial charge is 0.357 e. The third-order valence-corrected chi connectivity index (χ3v) is 6.75. The van der Waals surface area contributed by atoms with Crippen molar-refractivity contribution in [2.75, 3.05) is 12.4 Å². The van der Waals surface area contributed by atoms with Gasteiger partial charge < -0.3 is 20.1 Å². The summed E-state index contributed by atoms with van der Waals surface area (Å²) in [6.45, 7) is 0. The Balaban J connectivity index is 1.66. The van der Waals surface area contributed by atoms with Crippen LogP contribution in [-0.2, 0) is 9.53 Å². The molecule has 2 aromatic heterocycles. The predicted octanol–water partition coefficient (Wildman–Crippen LogP) is 3.94. The molecular formula is C23H26N4O5S. The lowest BCUT2D eigenvalue weighted by Crippen LogP contribution is -2.33. The number of hydrogen-bond acceptors (Lipinski definition) is 7. The fourth-order valence-electron chi connectivity index (χ4n) is 4.32. The molecule has 10 heteroatoms. The monoisotopic (exact) mass is 470 g/mol. The number of aromatic nitrogens is 3. The molecular weight excluding hydrogens is 444 g/mol. The number of rotatable bonds is 7. The van der Waals surface area contributed by atoms with Gasteiger partial charge in [-0.05, 0) is 12.3 Å². The van der Waals surface area contributed by atoms with Gasteiger partial charge in [0.05, 0.1) is 7.11 Å². The van der Waals surface area contributed by atoms with Crippen molar-refractivity contribution in [2.45, 2.75) is 44.6 Å². The zero-order valence-corrected chi connectivity index (χ0v) is 19.1. The Morgan fingerprint density at radius 3 is 2.70 bits per heavy atom. The number of carbonyl (C=O) groups excluding carboxylic acids is 2. The lowest BCUT2D eigenvalue weighted by Gasteiger charge is -2.26. The molecule has 1 aromatic carbocycles. The first-order valence-corrected chi connectivity index (χ1v) is 11.8. The Hall–Kier alpha value is -3.40. The Morgan fingerprint density at radius 2 is 2.00 bits per heavy atom. The number of thiazole rings is 1. The molecule has 4 rings (SSSR count). The normalized spacial score (nSPS) is 15.2.